The molecule has 0 radical (unpaired) electrons. The summed E-state index contributed by atoms with van der Waals surface area (Å²) < 4.78 is 0. The van der Waals surface area contributed by atoms with Crippen LogP contribution in [0.25, 0.3) is 22.0 Å². The van der Waals surface area contributed by atoms with Gasteiger partial charge < -0.3 is 4.90 Å². The Kier molecular flexibility index (Phi) is 4.22. The average molecular weight is 330 g/mol. The molecule has 0 aliphatic carbocycles. The zero-order valence-electron chi connectivity index (χ0n) is 14.5. The molecule has 0 atom stereocenters. The maximum absolute atomic E-state index is 12.8. The molecule has 25 heavy (non-hydrogen) atoms. The Labute approximate surface area is 148 Å². The van der Waals surface area contributed by atoms with Crippen LogP contribution in [0.5, 0.6) is 0 Å². The summed E-state index contributed by atoms with van der Waals surface area (Å²) in [6.45, 7) is 3.98. The minimum Gasteiger partial charge on any atom is -0.339 e. The number of aromatic nitrogens is 1. The van der Waals surface area contributed by atoms with Gasteiger partial charge in [0.15, 0.2) is 0 Å². The standard InChI is InChI=1S/C22H22N2O/c1-16-9-11-24(12-10-16)22(25)19-7-4-6-17(13-19)20-14-18-5-2-3-8-21(18)23-15-20/h2-8,13-16H,9-12H2,1H3. The first-order chi connectivity index (χ1) is 12.2. The van der Waals surface area contributed by atoms with Crippen LogP contribution in [-0.4, -0.2) is 28.9 Å². The Bertz CT molecular complexity index is 911. The van der Waals surface area contributed by atoms with Gasteiger partial charge in [-0.25, -0.2) is 0 Å². The van der Waals surface area contributed by atoms with E-state index in [0.717, 1.165) is 59.4 Å². The van der Waals surface area contributed by atoms with Crippen molar-refractivity contribution in [3.05, 3.63) is 66.4 Å². The second-order valence-corrected chi connectivity index (χ2v) is 6.97. The summed E-state index contributed by atoms with van der Waals surface area (Å²) in [4.78, 5) is 19.3. The average Bonchev–Trinajstić information content (AvgIpc) is 2.68. The van der Waals surface area contributed by atoms with E-state index in [1.807, 2.05) is 53.6 Å². The molecule has 1 fully saturated rings. The van der Waals surface area contributed by atoms with Crippen LogP contribution in [0.2, 0.25) is 0 Å². The molecule has 2 aromatic carbocycles. The zero-order valence-corrected chi connectivity index (χ0v) is 14.5. The molecule has 3 heteroatoms. The van der Waals surface area contributed by atoms with Crippen LogP contribution in [0.3, 0.4) is 0 Å². The van der Waals surface area contributed by atoms with E-state index in [0.29, 0.717) is 0 Å². The highest BCUT2D eigenvalue weighted by Crippen LogP contribution is 2.25. The van der Waals surface area contributed by atoms with Gasteiger partial charge in [-0.1, -0.05) is 37.3 Å². The molecule has 0 N–H and O–H groups in total. The van der Waals surface area contributed by atoms with Gasteiger partial charge >= 0.3 is 0 Å². The van der Waals surface area contributed by atoms with E-state index in [2.05, 4.69) is 24.0 Å². The molecule has 0 unspecified atom stereocenters. The smallest absolute Gasteiger partial charge is 0.253 e. The minimum atomic E-state index is 0.141. The Morgan fingerprint density at radius 2 is 1.80 bits per heavy atom. The lowest BCUT2D eigenvalue weighted by molar-refractivity contribution is 0.0697. The molecule has 1 saturated heterocycles. The monoisotopic (exact) mass is 330 g/mol. The molecular formula is C22H22N2O. The van der Waals surface area contributed by atoms with E-state index < -0.39 is 0 Å². The second kappa shape index (κ2) is 6.67. The number of likely N-dealkylation sites (tertiary alicyclic amines) is 1. The van der Waals surface area contributed by atoms with E-state index in [1.165, 1.54) is 0 Å². The van der Waals surface area contributed by atoms with Crippen LogP contribution in [0, 0.1) is 5.92 Å². The van der Waals surface area contributed by atoms with Gasteiger partial charge in [0, 0.05) is 35.8 Å². The number of pyridine rings is 1. The van der Waals surface area contributed by atoms with Crippen LogP contribution in [0.4, 0.5) is 0 Å². The molecule has 1 aliphatic rings. The number of carbonyl (C=O) groups is 1. The molecule has 3 nitrogen and oxygen atoms in total. The maximum Gasteiger partial charge on any atom is 0.253 e. The topological polar surface area (TPSA) is 33.2 Å². The van der Waals surface area contributed by atoms with Crippen LogP contribution in [0.15, 0.2) is 60.8 Å². The van der Waals surface area contributed by atoms with Gasteiger partial charge in [-0.3, -0.25) is 9.78 Å². The predicted octanol–water partition coefficient (Wildman–Crippen LogP) is 4.77. The first-order valence-electron chi connectivity index (χ1n) is 8.95. The first-order valence-corrected chi connectivity index (χ1v) is 8.95. The molecular weight excluding hydrogens is 308 g/mol. The molecule has 4 rings (SSSR count). The molecule has 0 saturated carbocycles. The van der Waals surface area contributed by atoms with Crippen molar-refractivity contribution in [3.63, 3.8) is 0 Å². The van der Waals surface area contributed by atoms with E-state index in [-0.39, 0.29) is 5.91 Å². The van der Waals surface area contributed by atoms with Gasteiger partial charge in [0.25, 0.3) is 5.91 Å². The number of para-hydroxylation sites is 1. The van der Waals surface area contributed by atoms with Crippen LogP contribution >= 0.6 is 0 Å². The molecule has 0 bridgehead atoms. The third-order valence-corrected chi connectivity index (χ3v) is 5.10. The van der Waals surface area contributed by atoms with E-state index in [9.17, 15) is 4.79 Å². The lowest BCUT2D eigenvalue weighted by Crippen LogP contribution is -2.37. The quantitative estimate of drug-likeness (QED) is 0.678. The Hall–Kier alpha value is -2.68. The predicted molar refractivity (Wildman–Crippen MR) is 101 cm³/mol. The van der Waals surface area contributed by atoms with Gasteiger partial charge in [0.2, 0.25) is 0 Å². The summed E-state index contributed by atoms with van der Waals surface area (Å²) in [7, 11) is 0. The number of hydrogen-bond acceptors (Lipinski definition) is 2. The molecule has 1 amide bonds. The van der Waals surface area contributed by atoms with Crippen molar-refractivity contribution in [1.82, 2.24) is 9.88 Å². The van der Waals surface area contributed by atoms with Crippen LogP contribution < -0.4 is 0 Å². The van der Waals surface area contributed by atoms with Crippen molar-refractivity contribution in [1.29, 1.82) is 0 Å². The summed E-state index contributed by atoms with van der Waals surface area (Å²) in [5, 5.41) is 1.11. The molecule has 2 heterocycles. The molecule has 126 valence electrons. The van der Waals surface area contributed by atoms with Gasteiger partial charge in [-0.15, -0.1) is 0 Å². The number of rotatable bonds is 2. The van der Waals surface area contributed by atoms with E-state index in [1.54, 1.807) is 0 Å². The highest BCUT2D eigenvalue weighted by atomic mass is 16.2. The molecule has 3 aromatic rings. The summed E-state index contributed by atoms with van der Waals surface area (Å²) in [5.74, 6) is 0.863. The number of fused-ring (bicyclic) bond motifs is 1. The first kappa shape index (κ1) is 15.8. The number of piperidine rings is 1. The fourth-order valence-electron chi connectivity index (χ4n) is 3.45. The van der Waals surface area contributed by atoms with Crippen LogP contribution in [-0.2, 0) is 0 Å². The highest BCUT2D eigenvalue weighted by molar-refractivity contribution is 5.96. The third kappa shape index (κ3) is 3.27. The van der Waals surface area contributed by atoms with Gasteiger partial charge in [-0.2, -0.15) is 0 Å². The zero-order chi connectivity index (χ0) is 17.2. The molecule has 0 spiro atoms. The normalized spacial score (nSPS) is 15.5. The lowest BCUT2D eigenvalue weighted by Gasteiger charge is -2.30. The SMILES string of the molecule is CC1CCN(C(=O)c2cccc(-c3cnc4ccccc4c3)c2)CC1. The van der Waals surface area contributed by atoms with Gasteiger partial charge in [-0.05, 0) is 48.6 Å². The van der Waals surface area contributed by atoms with Gasteiger partial charge in [0.05, 0.1) is 5.52 Å². The number of carbonyl (C=O) groups excluding carboxylic acids is 1. The van der Waals surface area contributed by atoms with Crippen molar-refractivity contribution in [2.24, 2.45) is 5.92 Å². The van der Waals surface area contributed by atoms with Crippen LogP contribution in [0.1, 0.15) is 30.1 Å². The van der Waals surface area contributed by atoms with Crippen molar-refractivity contribution in [2.75, 3.05) is 13.1 Å². The largest absolute Gasteiger partial charge is 0.339 e. The lowest BCUT2D eigenvalue weighted by atomic mass is 9.98. The van der Waals surface area contributed by atoms with Crippen molar-refractivity contribution >= 4 is 16.8 Å². The summed E-state index contributed by atoms with van der Waals surface area (Å²) in [5.41, 5.74) is 3.83. The Morgan fingerprint density at radius 1 is 1.00 bits per heavy atom. The van der Waals surface area contributed by atoms with Crippen molar-refractivity contribution < 1.29 is 4.79 Å². The Balaban J connectivity index is 1.63. The third-order valence-electron chi connectivity index (χ3n) is 5.10. The van der Waals surface area contributed by atoms with Crippen molar-refractivity contribution in [2.45, 2.75) is 19.8 Å². The molecule has 1 aromatic heterocycles. The second-order valence-electron chi connectivity index (χ2n) is 6.97. The van der Waals surface area contributed by atoms with Gasteiger partial charge in [0.1, 0.15) is 0 Å². The fourth-order valence-corrected chi connectivity index (χ4v) is 3.45. The Morgan fingerprint density at radius 3 is 2.64 bits per heavy atom. The summed E-state index contributed by atoms with van der Waals surface area (Å²) in [6, 6.07) is 18.1. The minimum absolute atomic E-state index is 0.141. The maximum atomic E-state index is 12.8. The molecule has 1 aliphatic heterocycles. The number of nitrogens with zero attached hydrogens (tertiary/aromatic N) is 2. The number of hydrogen-bond donors (Lipinski definition) is 0. The fraction of sp³-hybridized carbons (Fsp3) is 0.273. The summed E-state index contributed by atoms with van der Waals surface area (Å²) in [6.07, 6.45) is 4.08. The summed E-state index contributed by atoms with van der Waals surface area (Å²) >= 11 is 0. The van der Waals surface area contributed by atoms with Crippen molar-refractivity contribution in [3.8, 4) is 11.1 Å². The van der Waals surface area contributed by atoms with E-state index in [4.69, 9.17) is 0 Å². The van der Waals surface area contributed by atoms with E-state index >= 15 is 0 Å². The number of benzene rings is 2. The highest BCUT2D eigenvalue weighted by Gasteiger charge is 2.21. The number of amides is 1.